The van der Waals surface area contributed by atoms with Crippen LogP contribution in [0.5, 0.6) is 0 Å². The third kappa shape index (κ3) is 2.39. The van der Waals surface area contributed by atoms with Gasteiger partial charge in [-0.1, -0.05) is 85.0 Å². The Labute approximate surface area is 189 Å². The maximum absolute atomic E-state index is 13.9. The van der Waals surface area contributed by atoms with Crippen LogP contribution in [0.2, 0.25) is 0 Å². The van der Waals surface area contributed by atoms with Gasteiger partial charge in [-0.2, -0.15) is 0 Å². The van der Waals surface area contributed by atoms with Crippen molar-refractivity contribution in [2.75, 3.05) is 0 Å². The molecule has 2 aromatic heterocycles. The van der Waals surface area contributed by atoms with E-state index in [2.05, 4.69) is 79.7 Å². The fourth-order valence-electron chi connectivity index (χ4n) is 5.46. The Bertz CT molecular complexity index is 1900. The standard InChI is InChI=1S/C30H20N2O/c1-30(21-11-3-2-4-12-21)16-8-14-22-27-23(13-7-15-24(27)30)29(33)32-26-18-20-10-6-5-9-19(20)17-25(26)31-28(22)32/h2-18H,1H3. The lowest BCUT2D eigenvalue weighted by molar-refractivity contribution is 0.732. The van der Waals surface area contributed by atoms with Gasteiger partial charge in [-0.05, 0) is 47.0 Å². The zero-order chi connectivity index (χ0) is 22.2. The molecule has 0 radical (unpaired) electrons. The number of nitrogens with zero attached hydrogens (tertiary/aromatic N) is 2. The highest BCUT2D eigenvalue weighted by Crippen LogP contribution is 2.37. The summed E-state index contributed by atoms with van der Waals surface area (Å²) in [7, 11) is 0. The third-order valence-electron chi connectivity index (χ3n) is 7.16. The number of allylic oxidation sites excluding steroid dienone is 2. The molecule has 0 saturated heterocycles. The van der Waals surface area contributed by atoms with Crippen LogP contribution in [0.15, 0.2) is 102 Å². The lowest BCUT2D eigenvalue weighted by Crippen LogP contribution is -2.26. The minimum absolute atomic E-state index is 0.0194. The molecule has 0 fully saturated rings. The smallest absolute Gasteiger partial charge is 0.264 e. The van der Waals surface area contributed by atoms with E-state index >= 15 is 0 Å². The number of hydrogen-bond donors (Lipinski definition) is 0. The van der Waals surface area contributed by atoms with Gasteiger partial charge in [-0.15, -0.1) is 0 Å². The van der Waals surface area contributed by atoms with Crippen molar-refractivity contribution in [1.82, 2.24) is 9.38 Å². The van der Waals surface area contributed by atoms with E-state index in [1.165, 1.54) is 5.56 Å². The first-order chi connectivity index (χ1) is 16.1. The summed E-state index contributed by atoms with van der Waals surface area (Å²) in [5.74, 6) is 0. The molecule has 1 aliphatic carbocycles. The SMILES string of the molecule is CC1(c2ccccc2)C=CC=c2c3c1cccc3c(=O)n1c2nc2cc3ccccc3cc21. The Morgan fingerprint density at radius 3 is 2.42 bits per heavy atom. The maximum Gasteiger partial charge on any atom is 0.264 e. The summed E-state index contributed by atoms with van der Waals surface area (Å²) in [6.45, 7) is 2.22. The molecular formula is C30H20N2O. The van der Waals surface area contributed by atoms with E-state index in [0.717, 1.165) is 43.4 Å². The van der Waals surface area contributed by atoms with Crippen LogP contribution in [0.3, 0.4) is 0 Å². The molecule has 6 aromatic rings. The van der Waals surface area contributed by atoms with Crippen LogP contribution in [0.4, 0.5) is 0 Å². The second kappa shape index (κ2) is 6.39. The van der Waals surface area contributed by atoms with E-state index in [4.69, 9.17) is 4.98 Å². The summed E-state index contributed by atoms with van der Waals surface area (Å²) in [5.41, 5.74) is 4.36. The molecule has 1 aliphatic rings. The van der Waals surface area contributed by atoms with Gasteiger partial charge in [-0.3, -0.25) is 9.20 Å². The molecule has 0 N–H and O–H groups in total. The molecular weight excluding hydrogens is 404 g/mol. The molecule has 0 saturated carbocycles. The fourth-order valence-corrected chi connectivity index (χ4v) is 5.46. The fraction of sp³-hybridized carbons (Fsp3) is 0.0667. The van der Waals surface area contributed by atoms with Crippen molar-refractivity contribution >= 4 is 44.3 Å². The second-order valence-corrected chi connectivity index (χ2v) is 9.00. The van der Waals surface area contributed by atoms with E-state index in [1.54, 1.807) is 4.40 Å². The normalized spacial score (nSPS) is 17.6. The van der Waals surface area contributed by atoms with Gasteiger partial charge in [0.2, 0.25) is 0 Å². The minimum Gasteiger partial charge on any atom is -0.268 e. The molecule has 2 heterocycles. The van der Waals surface area contributed by atoms with Crippen LogP contribution in [-0.2, 0) is 5.41 Å². The lowest BCUT2D eigenvalue weighted by Gasteiger charge is -2.28. The molecule has 4 aromatic carbocycles. The molecule has 33 heavy (non-hydrogen) atoms. The summed E-state index contributed by atoms with van der Waals surface area (Å²) in [6, 6.07) is 28.9. The molecule has 3 heteroatoms. The summed E-state index contributed by atoms with van der Waals surface area (Å²) in [4.78, 5) is 18.9. The van der Waals surface area contributed by atoms with Crippen LogP contribution >= 0.6 is 0 Å². The van der Waals surface area contributed by atoms with E-state index < -0.39 is 0 Å². The van der Waals surface area contributed by atoms with Gasteiger partial charge < -0.3 is 0 Å². The highest BCUT2D eigenvalue weighted by atomic mass is 16.1. The summed E-state index contributed by atoms with van der Waals surface area (Å²) < 4.78 is 1.79. The average molecular weight is 425 g/mol. The molecule has 1 atom stereocenters. The quantitative estimate of drug-likeness (QED) is 0.348. The second-order valence-electron chi connectivity index (χ2n) is 9.00. The minimum atomic E-state index is -0.353. The summed E-state index contributed by atoms with van der Waals surface area (Å²) in [6.07, 6.45) is 6.46. The first kappa shape index (κ1) is 18.3. The van der Waals surface area contributed by atoms with Crippen molar-refractivity contribution < 1.29 is 0 Å². The van der Waals surface area contributed by atoms with Crippen molar-refractivity contribution in [1.29, 1.82) is 0 Å². The van der Waals surface area contributed by atoms with Crippen LogP contribution in [0.25, 0.3) is 44.3 Å². The van der Waals surface area contributed by atoms with Gasteiger partial charge in [0, 0.05) is 21.4 Å². The molecule has 0 bridgehead atoms. The largest absolute Gasteiger partial charge is 0.268 e. The van der Waals surface area contributed by atoms with Gasteiger partial charge in [-0.25, -0.2) is 4.98 Å². The number of imidazole rings is 1. The summed E-state index contributed by atoms with van der Waals surface area (Å²) in [5, 5.41) is 4.94. The Kier molecular flexibility index (Phi) is 3.55. The number of rotatable bonds is 1. The number of hydrogen-bond acceptors (Lipinski definition) is 2. The molecule has 1 unspecified atom stereocenters. The van der Waals surface area contributed by atoms with Gasteiger partial charge in [0.15, 0.2) is 0 Å². The Morgan fingerprint density at radius 2 is 1.61 bits per heavy atom. The van der Waals surface area contributed by atoms with Crippen molar-refractivity contribution in [3.63, 3.8) is 0 Å². The molecule has 0 spiro atoms. The maximum atomic E-state index is 13.9. The first-order valence-electron chi connectivity index (χ1n) is 11.2. The zero-order valence-corrected chi connectivity index (χ0v) is 18.1. The van der Waals surface area contributed by atoms with Crippen LogP contribution in [0.1, 0.15) is 18.1 Å². The van der Waals surface area contributed by atoms with E-state index in [0.29, 0.717) is 5.65 Å². The molecule has 7 rings (SSSR count). The number of benzene rings is 4. The zero-order valence-electron chi connectivity index (χ0n) is 18.1. The highest BCUT2D eigenvalue weighted by molar-refractivity contribution is 5.99. The average Bonchev–Trinajstić information content (AvgIpc) is 3.15. The van der Waals surface area contributed by atoms with Crippen LogP contribution in [-0.4, -0.2) is 9.38 Å². The highest BCUT2D eigenvalue weighted by Gasteiger charge is 2.30. The van der Waals surface area contributed by atoms with Gasteiger partial charge in [0.25, 0.3) is 5.56 Å². The molecule has 0 aliphatic heterocycles. The Morgan fingerprint density at radius 1 is 0.848 bits per heavy atom. The van der Waals surface area contributed by atoms with Crippen molar-refractivity contribution in [2.24, 2.45) is 0 Å². The van der Waals surface area contributed by atoms with Crippen molar-refractivity contribution in [2.45, 2.75) is 12.3 Å². The van der Waals surface area contributed by atoms with Gasteiger partial charge in [0.05, 0.1) is 11.0 Å². The number of aromatic nitrogens is 2. The Hall–Kier alpha value is -4.24. The van der Waals surface area contributed by atoms with Crippen LogP contribution in [0, 0.1) is 0 Å². The van der Waals surface area contributed by atoms with Crippen molar-refractivity contribution in [3.8, 4) is 0 Å². The van der Waals surface area contributed by atoms with Crippen LogP contribution < -0.4 is 10.8 Å². The van der Waals surface area contributed by atoms with Crippen molar-refractivity contribution in [3.05, 3.63) is 124 Å². The third-order valence-corrected chi connectivity index (χ3v) is 7.16. The predicted octanol–water partition coefficient (Wildman–Crippen LogP) is 5.53. The molecule has 156 valence electrons. The summed E-state index contributed by atoms with van der Waals surface area (Å²) >= 11 is 0. The van der Waals surface area contributed by atoms with E-state index in [1.807, 2.05) is 30.3 Å². The van der Waals surface area contributed by atoms with Gasteiger partial charge in [0.1, 0.15) is 5.65 Å². The number of pyridine rings is 1. The van der Waals surface area contributed by atoms with Gasteiger partial charge >= 0.3 is 0 Å². The predicted molar refractivity (Wildman–Crippen MR) is 136 cm³/mol. The Balaban J connectivity index is 1.69. The number of fused-ring (bicyclic) bond motifs is 5. The first-order valence-corrected chi connectivity index (χ1v) is 11.2. The molecule has 3 nitrogen and oxygen atoms in total. The topological polar surface area (TPSA) is 34.4 Å². The van der Waals surface area contributed by atoms with E-state index in [9.17, 15) is 4.79 Å². The molecule has 0 amide bonds. The van der Waals surface area contributed by atoms with E-state index in [-0.39, 0.29) is 11.0 Å². The lowest BCUT2D eigenvalue weighted by atomic mass is 9.75. The monoisotopic (exact) mass is 424 g/mol.